The second kappa shape index (κ2) is 6.86. The lowest BCUT2D eigenvalue weighted by molar-refractivity contribution is -0.150. The number of carbonyl (C=O) groups is 2. The molecular formula is C18H19F2N3O3. The van der Waals surface area contributed by atoms with Crippen molar-refractivity contribution in [2.75, 3.05) is 13.7 Å². The number of hydrogen-bond donors (Lipinski definition) is 0. The summed E-state index contributed by atoms with van der Waals surface area (Å²) in [6, 6.07) is 2.87. The van der Waals surface area contributed by atoms with Crippen LogP contribution in [0.5, 0.6) is 0 Å². The topological polar surface area (TPSA) is 64.4 Å². The average Bonchev–Trinajstić information content (AvgIpc) is 3.17. The van der Waals surface area contributed by atoms with Crippen LogP contribution < -0.4 is 0 Å². The van der Waals surface area contributed by atoms with Gasteiger partial charge in [-0.25, -0.2) is 18.6 Å². The van der Waals surface area contributed by atoms with Gasteiger partial charge in [-0.15, -0.1) is 0 Å². The fourth-order valence-electron chi connectivity index (χ4n) is 3.61. The molecule has 0 unspecified atom stereocenters. The number of imidazole rings is 1. The van der Waals surface area contributed by atoms with Crippen molar-refractivity contribution in [2.24, 2.45) is 0 Å². The summed E-state index contributed by atoms with van der Waals surface area (Å²) in [7, 11) is 1.26. The Kier molecular flexibility index (Phi) is 4.76. The van der Waals surface area contributed by atoms with Crippen LogP contribution in [0.4, 0.5) is 13.6 Å². The number of aromatic nitrogens is 2. The largest absolute Gasteiger partial charge is 0.468 e. The maximum atomic E-state index is 13.8. The Morgan fingerprint density at radius 1 is 1.31 bits per heavy atom. The molecule has 0 aliphatic carbocycles. The number of amides is 1. The lowest BCUT2D eigenvalue weighted by Gasteiger charge is -2.44. The molecule has 8 heteroatoms. The number of likely N-dealkylation sites (tertiary alicyclic amines) is 1. The first kappa shape index (κ1) is 18.0. The fourth-order valence-corrected chi connectivity index (χ4v) is 3.61. The Morgan fingerprint density at radius 3 is 2.65 bits per heavy atom. The van der Waals surface area contributed by atoms with Gasteiger partial charge in [0.25, 0.3) is 0 Å². The van der Waals surface area contributed by atoms with Crippen molar-refractivity contribution in [3.63, 3.8) is 0 Å². The Morgan fingerprint density at radius 2 is 2.08 bits per heavy atom. The lowest BCUT2D eigenvalue weighted by atomic mass is 9.70. The molecule has 1 fully saturated rings. The summed E-state index contributed by atoms with van der Waals surface area (Å²) in [5, 5.41) is 0. The smallest absolute Gasteiger partial charge is 0.329 e. The van der Waals surface area contributed by atoms with Crippen molar-refractivity contribution in [3.8, 4) is 0 Å². The molecule has 0 saturated carbocycles. The van der Waals surface area contributed by atoms with E-state index in [9.17, 15) is 18.4 Å². The van der Waals surface area contributed by atoms with E-state index >= 15 is 0 Å². The van der Waals surface area contributed by atoms with E-state index in [4.69, 9.17) is 4.74 Å². The minimum atomic E-state index is -1.13. The van der Waals surface area contributed by atoms with Crippen LogP contribution in [0.3, 0.4) is 0 Å². The van der Waals surface area contributed by atoms with E-state index in [0.29, 0.717) is 5.56 Å². The molecule has 138 valence electrons. The van der Waals surface area contributed by atoms with Gasteiger partial charge in [-0.1, -0.05) is 6.07 Å². The molecule has 1 aliphatic heterocycles. The number of nitrogens with zero attached hydrogens (tertiary/aromatic N) is 3. The first-order valence-corrected chi connectivity index (χ1v) is 8.22. The van der Waals surface area contributed by atoms with Crippen molar-refractivity contribution in [2.45, 2.75) is 31.2 Å². The molecule has 6 nitrogen and oxygen atoms in total. The van der Waals surface area contributed by atoms with Gasteiger partial charge >= 0.3 is 12.0 Å². The van der Waals surface area contributed by atoms with Crippen molar-refractivity contribution in [1.29, 1.82) is 0 Å². The maximum absolute atomic E-state index is 13.8. The van der Waals surface area contributed by atoms with Crippen LogP contribution in [-0.2, 0) is 14.9 Å². The van der Waals surface area contributed by atoms with Crippen molar-refractivity contribution < 1.29 is 23.1 Å². The lowest BCUT2D eigenvalue weighted by Crippen LogP contribution is -2.54. The van der Waals surface area contributed by atoms with Gasteiger partial charge in [0.05, 0.1) is 12.5 Å². The van der Waals surface area contributed by atoms with Crippen molar-refractivity contribution in [3.05, 3.63) is 54.1 Å². The van der Waals surface area contributed by atoms with Gasteiger partial charge < -0.3 is 9.64 Å². The van der Waals surface area contributed by atoms with Gasteiger partial charge in [-0.2, -0.15) is 0 Å². The van der Waals surface area contributed by atoms with Crippen LogP contribution in [-0.4, -0.2) is 46.1 Å². The quantitative estimate of drug-likeness (QED) is 0.770. The van der Waals surface area contributed by atoms with Crippen LogP contribution in [0.25, 0.3) is 0 Å². The number of halogens is 2. The third-order valence-electron chi connectivity index (χ3n) is 4.97. The summed E-state index contributed by atoms with van der Waals surface area (Å²) < 4.78 is 33.4. The molecule has 26 heavy (non-hydrogen) atoms. The summed E-state index contributed by atoms with van der Waals surface area (Å²) in [4.78, 5) is 30.6. The third-order valence-corrected chi connectivity index (χ3v) is 4.97. The highest BCUT2D eigenvalue weighted by Crippen LogP contribution is 2.40. The van der Waals surface area contributed by atoms with Gasteiger partial charge in [0.15, 0.2) is 11.6 Å². The minimum Gasteiger partial charge on any atom is -0.468 e. The number of methoxy groups -OCH3 is 1. The zero-order valence-electron chi connectivity index (χ0n) is 14.5. The fraction of sp³-hybridized carbons (Fsp3) is 0.389. The Balaban J connectivity index is 1.92. The summed E-state index contributed by atoms with van der Waals surface area (Å²) in [6.45, 7) is 2.08. The minimum absolute atomic E-state index is 0.241. The van der Waals surface area contributed by atoms with Crippen molar-refractivity contribution in [1.82, 2.24) is 14.5 Å². The number of benzene rings is 1. The molecule has 0 N–H and O–H groups in total. The van der Waals surface area contributed by atoms with Gasteiger partial charge in [-0.05, 0) is 37.5 Å². The molecule has 0 bridgehead atoms. The molecule has 3 rings (SSSR count). The molecule has 2 atom stereocenters. The number of hydrogen-bond acceptors (Lipinski definition) is 4. The Bertz CT molecular complexity index is 825. The zero-order valence-corrected chi connectivity index (χ0v) is 14.5. The molecule has 1 aromatic heterocycles. The van der Waals surface area contributed by atoms with Crippen molar-refractivity contribution >= 4 is 12.0 Å². The van der Waals surface area contributed by atoms with E-state index in [1.807, 2.05) is 6.92 Å². The molecule has 1 aliphatic rings. The maximum Gasteiger partial charge on any atom is 0.329 e. The highest BCUT2D eigenvalue weighted by molar-refractivity contribution is 5.84. The van der Waals surface area contributed by atoms with Crippen LogP contribution in [0, 0.1) is 11.6 Å². The van der Waals surface area contributed by atoms with Gasteiger partial charge in [-0.3, -0.25) is 9.36 Å². The highest BCUT2D eigenvalue weighted by atomic mass is 19.2. The molecule has 1 aromatic carbocycles. The first-order chi connectivity index (χ1) is 12.4. The number of carbonyl (C=O) groups excluding carboxylic acids is 2. The normalized spacial score (nSPS) is 22.9. The van der Waals surface area contributed by atoms with Crippen LogP contribution >= 0.6 is 0 Å². The second-order valence-electron chi connectivity index (χ2n) is 6.45. The third kappa shape index (κ3) is 2.95. The first-order valence-electron chi connectivity index (χ1n) is 8.22. The molecule has 2 aromatic rings. The molecule has 1 saturated heterocycles. The molecular weight excluding hydrogens is 344 g/mol. The summed E-state index contributed by atoms with van der Waals surface area (Å²) in [6.07, 6.45) is 4.95. The van der Waals surface area contributed by atoms with Crippen LogP contribution in [0.1, 0.15) is 25.3 Å². The highest BCUT2D eigenvalue weighted by Gasteiger charge is 2.48. The predicted molar refractivity (Wildman–Crippen MR) is 88.5 cm³/mol. The van der Waals surface area contributed by atoms with E-state index in [1.165, 1.54) is 30.3 Å². The molecule has 1 amide bonds. The number of ether oxygens (including phenoxy) is 1. The number of rotatable bonds is 2. The van der Waals surface area contributed by atoms with E-state index in [-0.39, 0.29) is 31.5 Å². The SMILES string of the molecule is COC(=O)[C@@]1(c2ccc(F)c(F)c2)CCN(C(=O)n2ccnc2)[C@@H](C)C1. The number of piperidine rings is 1. The van der Waals surface area contributed by atoms with E-state index in [1.54, 1.807) is 11.1 Å². The Hall–Kier alpha value is -2.77. The van der Waals surface area contributed by atoms with E-state index in [2.05, 4.69) is 4.98 Å². The van der Waals surface area contributed by atoms with Gasteiger partial charge in [0, 0.05) is 25.0 Å². The molecule has 2 heterocycles. The Labute approximate surface area is 149 Å². The van der Waals surface area contributed by atoms with Gasteiger partial charge in [0.1, 0.15) is 6.33 Å². The van der Waals surface area contributed by atoms with Crippen LogP contribution in [0.2, 0.25) is 0 Å². The predicted octanol–water partition coefficient (Wildman–Crippen LogP) is 2.72. The molecule has 0 spiro atoms. The standard InChI is InChI=1S/C18H19F2N3O3/c1-12-10-18(16(24)26-2,13-3-4-14(19)15(20)9-13)5-7-23(12)17(25)22-8-6-21-11-22/h3-4,6,8-9,11-12H,5,7,10H2,1-2H3/t12-,18-/m0/s1. The number of esters is 1. The molecule has 0 radical (unpaired) electrons. The second-order valence-corrected chi connectivity index (χ2v) is 6.45. The average molecular weight is 363 g/mol. The van der Waals surface area contributed by atoms with Crippen LogP contribution in [0.15, 0.2) is 36.9 Å². The summed E-state index contributed by atoms with van der Waals surface area (Å²) in [5.74, 6) is -2.52. The summed E-state index contributed by atoms with van der Waals surface area (Å²) >= 11 is 0. The zero-order chi connectivity index (χ0) is 18.9. The van der Waals surface area contributed by atoms with E-state index < -0.39 is 23.0 Å². The monoisotopic (exact) mass is 363 g/mol. The van der Waals surface area contributed by atoms with E-state index in [0.717, 1.165) is 12.1 Å². The summed E-state index contributed by atoms with van der Waals surface area (Å²) in [5.41, 5.74) is -0.779. The van der Waals surface area contributed by atoms with Gasteiger partial charge in [0.2, 0.25) is 0 Å².